The van der Waals surface area contributed by atoms with Crippen LogP contribution in [-0.4, -0.2) is 202 Å². The van der Waals surface area contributed by atoms with E-state index >= 15 is 0 Å². The van der Waals surface area contributed by atoms with E-state index in [1.54, 1.807) is 39.0 Å². The second kappa shape index (κ2) is 32.9. The van der Waals surface area contributed by atoms with Crippen LogP contribution in [0.25, 0.3) is 0 Å². The van der Waals surface area contributed by atoms with Crippen LogP contribution in [0.2, 0.25) is 0 Å². The van der Waals surface area contributed by atoms with Crippen LogP contribution in [0.1, 0.15) is 70.4 Å². The number of carboxylic acid groups (broad SMARTS) is 1. The van der Waals surface area contributed by atoms with Gasteiger partial charge in [0, 0.05) is 42.0 Å². The van der Waals surface area contributed by atoms with Crippen molar-refractivity contribution in [3.8, 4) is 0 Å². The molecule has 29 nitrogen and oxygen atoms in total. The Bertz CT molecular complexity index is 2380. The highest BCUT2D eigenvalue weighted by molar-refractivity contribution is 7.98. The number of amides is 13. The molecule has 1 aromatic carbocycles. The standard InChI is InChI=1S/C47H69N13O16S2/c1-4-33-46(75)52-16-37(65)55-30(19-61)45(74)57-31(41(49)70)22-77-20-26-7-5-8-27(13-26)21-78-23-32(58-44(73)28(54-24-62)10-11-35(48)63)43(72)53-17-38(66)59-12-6-9-34(59)47(76)56-29(14-40(68)69)42(71)51-15-36(64)50-18-39(67)60(33)25(2)3/h5,7-8,13,24-25,28-34,61H,4,6,9-12,14-23H2,1-3H3,(H2,48,63)(H2,49,70)(H,50,64)(H,51,71)(H,52,75)(H,53,72)(H,54,62)(H,55,65)(H,56,76)(H,57,74)(H,58,73)(H,68,69)/t28?,29-,30-,31?,32?,33?,34?/m0/s1. The third-order valence-corrected chi connectivity index (χ3v) is 14.2. The molecular formula is C47H69N13O16S2. The van der Waals surface area contributed by atoms with Crippen molar-refractivity contribution in [3.63, 3.8) is 0 Å². The zero-order valence-corrected chi connectivity index (χ0v) is 44.9. The molecule has 2 aliphatic rings. The van der Waals surface area contributed by atoms with Crippen LogP contribution in [0.4, 0.5) is 0 Å². The van der Waals surface area contributed by atoms with Gasteiger partial charge in [0.1, 0.15) is 42.3 Å². The minimum atomic E-state index is -1.75. The van der Waals surface area contributed by atoms with E-state index in [2.05, 4.69) is 47.9 Å². The molecule has 31 heteroatoms. The Labute approximate surface area is 457 Å². The predicted octanol–water partition coefficient (Wildman–Crippen LogP) is -6.09. The van der Waals surface area contributed by atoms with Crippen molar-refractivity contribution in [2.75, 3.05) is 50.8 Å². The Morgan fingerprint density at radius 3 is 2.01 bits per heavy atom. The molecule has 2 aliphatic heterocycles. The number of nitrogens with two attached hydrogens (primary N) is 2. The van der Waals surface area contributed by atoms with E-state index in [1.165, 1.54) is 23.5 Å². The van der Waals surface area contributed by atoms with Crippen molar-refractivity contribution >= 4 is 107 Å². The summed E-state index contributed by atoms with van der Waals surface area (Å²) in [4.78, 5) is 183. The van der Waals surface area contributed by atoms with E-state index in [9.17, 15) is 77.3 Å². The fraction of sp³-hybridized carbons (Fsp3) is 0.574. The number of carbonyl (C=O) groups excluding carboxylic acids is 13. The third kappa shape index (κ3) is 21.5. The predicted molar refractivity (Wildman–Crippen MR) is 279 cm³/mol. The van der Waals surface area contributed by atoms with Crippen molar-refractivity contribution in [1.29, 1.82) is 0 Å². The van der Waals surface area contributed by atoms with E-state index in [4.69, 9.17) is 11.5 Å². The van der Waals surface area contributed by atoms with Crippen LogP contribution >= 0.6 is 23.5 Å². The van der Waals surface area contributed by atoms with Gasteiger partial charge in [-0.05, 0) is 50.7 Å². The number of carbonyl (C=O) groups is 14. The zero-order chi connectivity index (χ0) is 58.1. The average Bonchev–Trinajstić information content (AvgIpc) is 3.89. The molecular weight excluding hydrogens is 1070 g/mol. The number of fused-ring (bicyclic) bond motifs is 3. The minimum absolute atomic E-state index is 0.0242. The normalized spacial score (nSPS) is 23.3. The summed E-state index contributed by atoms with van der Waals surface area (Å²) >= 11 is 2.41. The van der Waals surface area contributed by atoms with Gasteiger partial charge in [0.25, 0.3) is 0 Å². The Balaban J connectivity index is 1.92. The molecule has 3 rings (SSSR count). The summed E-state index contributed by atoms with van der Waals surface area (Å²) in [7, 11) is 0. The van der Waals surface area contributed by atoms with Crippen LogP contribution in [0.5, 0.6) is 0 Å². The van der Waals surface area contributed by atoms with Crippen molar-refractivity contribution in [3.05, 3.63) is 35.4 Å². The lowest BCUT2D eigenvalue weighted by Gasteiger charge is -2.33. The number of nitrogens with one attached hydrogen (secondary N) is 9. The lowest BCUT2D eigenvalue weighted by atomic mass is 10.1. The molecule has 1 aromatic rings. The lowest BCUT2D eigenvalue weighted by Crippen LogP contribution is -2.58. The van der Waals surface area contributed by atoms with Gasteiger partial charge in [-0.3, -0.25) is 67.1 Å². The second-order valence-electron chi connectivity index (χ2n) is 18.2. The molecule has 7 atom stereocenters. The highest BCUT2D eigenvalue weighted by Crippen LogP contribution is 2.21. The molecule has 15 N–H and O–H groups in total. The van der Waals surface area contributed by atoms with Gasteiger partial charge < -0.3 is 79.3 Å². The van der Waals surface area contributed by atoms with Gasteiger partial charge in [-0.25, -0.2) is 0 Å². The number of nitrogens with zero attached hydrogens (tertiary/aromatic N) is 2. The quantitative estimate of drug-likeness (QED) is 0.0818. The summed E-state index contributed by atoms with van der Waals surface area (Å²) in [6.45, 7) is 0.976. The molecule has 0 aromatic heterocycles. The monoisotopic (exact) mass is 1140 g/mol. The number of hydrogen-bond acceptors (Lipinski definition) is 17. The van der Waals surface area contributed by atoms with Gasteiger partial charge in [0.2, 0.25) is 77.3 Å². The summed E-state index contributed by atoms with van der Waals surface area (Å²) < 4.78 is 0. The van der Waals surface area contributed by atoms with E-state index in [0.29, 0.717) is 12.2 Å². The summed E-state index contributed by atoms with van der Waals surface area (Å²) in [5.41, 5.74) is 12.4. The number of aliphatic hydroxyl groups excluding tert-OH is 1. The van der Waals surface area contributed by atoms with Gasteiger partial charge in [-0.15, -0.1) is 0 Å². The molecule has 5 unspecified atom stereocenters. The fourth-order valence-electron chi connectivity index (χ4n) is 8.03. The first kappa shape index (κ1) is 64.7. The summed E-state index contributed by atoms with van der Waals surface area (Å²) in [5, 5.41) is 40.8. The molecule has 2 heterocycles. The minimum Gasteiger partial charge on any atom is -0.481 e. The Morgan fingerprint density at radius 1 is 0.782 bits per heavy atom. The van der Waals surface area contributed by atoms with E-state index in [0.717, 1.165) is 20.9 Å². The number of carboxylic acids is 1. The summed E-state index contributed by atoms with van der Waals surface area (Å²) in [6, 6.07) is -3.14. The van der Waals surface area contributed by atoms with Crippen LogP contribution < -0.4 is 59.3 Å². The van der Waals surface area contributed by atoms with E-state index in [1.807, 2.05) is 6.07 Å². The second-order valence-corrected chi connectivity index (χ2v) is 20.2. The molecule has 1 saturated heterocycles. The van der Waals surface area contributed by atoms with Crippen LogP contribution in [0, 0.1) is 0 Å². The van der Waals surface area contributed by atoms with E-state index < -0.39 is 164 Å². The van der Waals surface area contributed by atoms with Gasteiger partial charge >= 0.3 is 5.97 Å². The summed E-state index contributed by atoms with van der Waals surface area (Å²) in [6.07, 6.45) is -0.801. The maximum atomic E-state index is 13.8. The van der Waals surface area contributed by atoms with Crippen molar-refractivity contribution in [1.82, 2.24) is 57.7 Å². The van der Waals surface area contributed by atoms with Gasteiger partial charge in [0.05, 0.1) is 39.2 Å². The molecule has 430 valence electrons. The lowest BCUT2D eigenvalue weighted by molar-refractivity contribution is -0.143. The maximum absolute atomic E-state index is 13.8. The number of aliphatic hydroxyl groups is 1. The first-order chi connectivity index (χ1) is 37.0. The zero-order valence-electron chi connectivity index (χ0n) is 43.3. The molecule has 0 radical (unpaired) electrons. The molecule has 0 spiro atoms. The number of primary amides is 2. The summed E-state index contributed by atoms with van der Waals surface area (Å²) in [5.74, 6) is -11.6. The Kier molecular flexibility index (Phi) is 27.3. The van der Waals surface area contributed by atoms with Crippen LogP contribution in [0.15, 0.2) is 24.3 Å². The maximum Gasteiger partial charge on any atom is 0.305 e. The number of benzene rings is 1. The number of hydrogen-bond donors (Lipinski definition) is 13. The van der Waals surface area contributed by atoms with Crippen molar-refractivity contribution in [2.45, 2.75) is 119 Å². The number of aliphatic carboxylic acids is 1. The Morgan fingerprint density at radius 2 is 1.41 bits per heavy atom. The number of thioether (sulfide) groups is 2. The number of rotatable bonds is 13. The smallest absolute Gasteiger partial charge is 0.305 e. The highest BCUT2D eigenvalue weighted by Gasteiger charge is 2.38. The first-order valence-electron chi connectivity index (χ1n) is 24.7. The topological polar surface area (TPSA) is 446 Å². The largest absolute Gasteiger partial charge is 0.481 e. The first-order valence-corrected chi connectivity index (χ1v) is 27.0. The fourth-order valence-corrected chi connectivity index (χ4v) is 10.1. The van der Waals surface area contributed by atoms with E-state index in [-0.39, 0.29) is 55.9 Å². The SMILES string of the molecule is CCC1C(=O)NCC(=O)N[C@@H](CO)C(=O)NC(C(N)=O)CSCc2cccc(c2)CSCC(NC(=O)C(CCC(N)=O)NC=O)C(=O)NCC(=O)N2CCCC2C(=O)N[C@@H](CC(=O)O)C(=O)NCC(=O)NCC(=O)N1C(C)C. The average molecular weight is 1140 g/mol. The molecule has 2 bridgehead atoms. The molecule has 13 amide bonds. The molecule has 0 aliphatic carbocycles. The van der Waals surface area contributed by atoms with Gasteiger partial charge in [-0.2, -0.15) is 23.5 Å². The third-order valence-electron chi connectivity index (χ3n) is 11.9. The van der Waals surface area contributed by atoms with Gasteiger partial charge in [-0.1, -0.05) is 31.2 Å². The molecule has 78 heavy (non-hydrogen) atoms. The van der Waals surface area contributed by atoms with Crippen LogP contribution in [-0.2, 0) is 78.6 Å². The molecule has 0 saturated carbocycles. The van der Waals surface area contributed by atoms with Crippen molar-refractivity contribution < 1.29 is 77.3 Å². The van der Waals surface area contributed by atoms with Crippen molar-refractivity contribution in [2.24, 2.45) is 11.5 Å². The molecule has 1 fully saturated rings. The highest BCUT2D eigenvalue weighted by atomic mass is 32.2. The Hall–Kier alpha value is -7.54. The van der Waals surface area contributed by atoms with Gasteiger partial charge in [0.15, 0.2) is 0 Å². The van der Waals surface area contributed by atoms with Crippen LogP contribution in [0.3, 0.4) is 0 Å².